The van der Waals surface area contributed by atoms with Crippen molar-refractivity contribution >= 4 is 0 Å². The van der Waals surface area contributed by atoms with Crippen LogP contribution in [0.3, 0.4) is 0 Å². The Morgan fingerprint density at radius 1 is 1.42 bits per heavy atom. The van der Waals surface area contributed by atoms with Crippen LogP contribution in [-0.4, -0.2) is 10.9 Å². The SMILES string of the molecule is C=CN(C(=C)C(C)CC)C(C)C. The van der Waals surface area contributed by atoms with E-state index in [1.54, 1.807) is 0 Å². The lowest BCUT2D eigenvalue weighted by molar-refractivity contribution is 0.341. The van der Waals surface area contributed by atoms with Crippen LogP contribution in [0.4, 0.5) is 0 Å². The molecular formula is C11H21N. The molecule has 0 rings (SSSR count). The number of hydrogen-bond donors (Lipinski definition) is 0. The van der Waals surface area contributed by atoms with Crippen molar-refractivity contribution < 1.29 is 0 Å². The van der Waals surface area contributed by atoms with Gasteiger partial charge in [0.2, 0.25) is 0 Å². The van der Waals surface area contributed by atoms with Crippen molar-refractivity contribution in [2.24, 2.45) is 5.92 Å². The smallest absolute Gasteiger partial charge is 0.0276 e. The average Bonchev–Trinajstić information content (AvgIpc) is 2.03. The van der Waals surface area contributed by atoms with E-state index in [4.69, 9.17) is 0 Å². The van der Waals surface area contributed by atoms with Crippen LogP contribution in [0.1, 0.15) is 34.1 Å². The summed E-state index contributed by atoms with van der Waals surface area (Å²) in [5.74, 6) is 0.547. The third-order valence-electron chi connectivity index (χ3n) is 2.27. The van der Waals surface area contributed by atoms with Gasteiger partial charge in [-0.3, -0.25) is 0 Å². The van der Waals surface area contributed by atoms with Gasteiger partial charge in [0.15, 0.2) is 0 Å². The number of rotatable bonds is 5. The van der Waals surface area contributed by atoms with Crippen LogP contribution >= 0.6 is 0 Å². The zero-order chi connectivity index (χ0) is 9.72. The Labute approximate surface area is 76.8 Å². The van der Waals surface area contributed by atoms with Crippen LogP contribution in [0.15, 0.2) is 25.1 Å². The Balaban J connectivity index is 4.31. The molecule has 0 fully saturated rings. The molecule has 1 atom stereocenters. The predicted octanol–water partition coefficient (Wildman–Crippen LogP) is 3.40. The van der Waals surface area contributed by atoms with Crippen molar-refractivity contribution in [2.45, 2.75) is 40.2 Å². The summed E-state index contributed by atoms with van der Waals surface area (Å²) in [6.45, 7) is 16.5. The van der Waals surface area contributed by atoms with Gasteiger partial charge in [-0.1, -0.05) is 27.0 Å². The van der Waals surface area contributed by atoms with E-state index in [9.17, 15) is 0 Å². The predicted molar refractivity (Wildman–Crippen MR) is 55.8 cm³/mol. The highest BCUT2D eigenvalue weighted by Gasteiger charge is 2.12. The first kappa shape index (κ1) is 11.3. The highest BCUT2D eigenvalue weighted by Crippen LogP contribution is 2.19. The van der Waals surface area contributed by atoms with Crippen molar-refractivity contribution in [1.82, 2.24) is 4.90 Å². The summed E-state index contributed by atoms with van der Waals surface area (Å²) >= 11 is 0. The van der Waals surface area contributed by atoms with Crippen LogP contribution in [-0.2, 0) is 0 Å². The minimum Gasteiger partial charge on any atom is -0.350 e. The molecule has 0 aromatic rings. The van der Waals surface area contributed by atoms with Crippen LogP contribution in [0.25, 0.3) is 0 Å². The maximum atomic E-state index is 4.07. The molecule has 0 radical (unpaired) electrons. The van der Waals surface area contributed by atoms with E-state index >= 15 is 0 Å². The van der Waals surface area contributed by atoms with Crippen molar-refractivity contribution in [3.05, 3.63) is 25.1 Å². The van der Waals surface area contributed by atoms with Gasteiger partial charge >= 0.3 is 0 Å². The summed E-state index contributed by atoms with van der Waals surface area (Å²) in [5.41, 5.74) is 1.17. The fourth-order valence-electron chi connectivity index (χ4n) is 1.15. The van der Waals surface area contributed by atoms with E-state index in [0.29, 0.717) is 12.0 Å². The fraction of sp³-hybridized carbons (Fsp3) is 0.636. The molecule has 1 heteroatoms. The summed E-state index contributed by atoms with van der Waals surface area (Å²) in [5, 5.41) is 0. The second kappa shape index (κ2) is 5.02. The highest BCUT2D eigenvalue weighted by atomic mass is 15.1. The molecule has 0 aromatic carbocycles. The molecule has 0 saturated carbocycles. The van der Waals surface area contributed by atoms with Gasteiger partial charge in [-0.25, -0.2) is 0 Å². The van der Waals surface area contributed by atoms with Gasteiger partial charge in [0.25, 0.3) is 0 Å². The Bertz CT molecular complexity index is 158. The van der Waals surface area contributed by atoms with Crippen LogP contribution in [0, 0.1) is 5.92 Å². The summed E-state index contributed by atoms with van der Waals surface area (Å²) in [4.78, 5) is 2.13. The van der Waals surface area contributed by atoms with E-state index < -0.39 is 0 Å². The Morgan fingerprint density at radius 3 is 2.17 bits per heavy atom. The molecule has 0 aliphatic heterocycles. The van der Waals surface area contributed by atoms with E-state index in [1.165, 1.54) is 5.70 Å². The maximum absolute atomic E-state index is 4.07. The third-order valence-corrected chi connectivity index (χ3v) is 2.27. The normalized spacial score (nSPS) is 12.8. The van der Waals surface area contributed by atoms with E-state index in [2.05, 4.69) is 45.8 Å². The minimum absolute atomic E-state index is 0.462. The summed E-state index contributed by atoms with van der Waals surface area (Å²) in [6.07, 6.45) is 3.00. The zero-order valence-corrected chi connectivity index (χ0v) is 8.80. The van der Waals surface area contributed by atoms with Gasteiger partial charge in [-0.2, -0.15) is 0 Å². The number of nitrogens with zero attached hydrogens (tertiary/aromatic N) is 1. The maximum Gasteiger partial charge on any atom is 0.0276 e. The van der Waals surface area contributed by atoms with Crippen molar-refractivity contribution in [3.8, 4) is 0 Å². The van der Waals surface area contributed by atoms with E-state index in [0.717, 1.165) is 6.42 Å². The molecule has 70 valence electrons. The molecule has 0 aromatic heterocycles. The monoisotopic (exact) mass is 167 g/mol. The van der Waals surface area contributed by atoms with Gasteiger partial charge in [0, 0.05) is 11.7 Å². The largest absolute Gasteiger partial charge is 0.350 e. The van der Waals surface area contributed by atoms with Crippen LogP contribution in [0.2, 0.25) is 0 Å². The highest BCUT2D eigenvalue weighted by molar-refractivity contribution is 5.03. The molecule has 0 N–H and O–H groups in total. The number of hydrogen-bond acceptors (Lipinski definition) is 1. The number of allylic oxidation sites excluding steroid dienone is 1. The lowest BCUT2D eigenvalue weighted by Crippen LogP contribution is -2.26. The molecular weight excluding hydrogens is 146 g/mol. The van der Waals surface area contributed by atoms with Crippen molar-refractivity contribution in [1.29, 1.82) is 0 Å². The van der Waals surface area contributed by atoms with Crippen LogP contribution in [0.5, 0.6) is 0 Å². The Morgan fingerprint density at radius 2 is 1.92 bits per heavy atom. The quantitative estimate of drug-likeness (QED) is 0.606. The van der Waals surface area contributed by atoms with Gasteiger partial charge in [0.1, 0.15) is 0 Å². The summed E-state index contributed by atoms with van der Waals surface area (Å²) in [7, 11) is 0. The standard InChI is InChI=1S/C11H21N/c1-7-10(5)11(6)12(8-2)9(3)4/h8-10H,2,6-7H2,1,3-5H3. The Hall–Kier alpha value is -0.720. The molecule has 0 spiro atoms. The molecule has 1 nitrogen and oxygen atoms in total. The molecule has 0 saturated heterocycles. The first-order chi connectivity index (χ1) is 5.54. The summed E-state index contributed by atoms with van der Waals surface area (Å²) in [6, 6.07) is 0.462. The molecule has 0 aliphatic rings. The lowest BCUT2D eigenvalue weighted by Gasteiger charge is -2.29. The van der Waals surface area contributed by atoms with E-state index in [1.807, 2.05) is 6.20 Å². The lowest BCUT2D eigenvalue weighted by atomic mass is 10.0. The topological polar surface area (TPSA) is 3.24 Å². The van der Waals surface area contributed by atoms with Crippen molar-refractivity contribution in [3.63, 3.8) is 0 Å². The minimum atomic E-state index is 0.462. The van der Waals surface area contributed by atoms with Gasteiger partial charge < -0.3 is 4.90 Å². The fourth-order valence-corrected chi connectivity index (χ4v) is 1.15. The average molecular weight is 167 g/mol. The molecule has 12 heavy (non-hydrogen) atoms. The molecule has 0 aliphatic carbocycles. The van der Waals surface area contributed by atoms with Gasteiger partial charge in [0.05, 0.1) is 0 Å². The second-order valence-corrected chi connectivity index (χ2v) is 3.48. The zero-order valence-electron chi connectivity index (χ0n) is 8.80. The molecule has 0 amide bonds. The summed E-state index contributed by atoms with van der Waals surface area (Å²) < 4.78 is 0. The van der Waals surface area contributed by atoms with E-state index in [-0.39, 0.29) is 0 Å². The van der Waals surface area contributed by atoms with Crippen LogP contribution < -0.4 is 0 Å². The third kappa shape index (κ3) is 2.72. The molecule has 1 unspecified atom stereocenters. The Kier molecular flexibility index (Phi) is 4.72. The molecule has 0 heterocycles. The molecule has 0 bridgehead atoms. The first-order valence-corrected chi connectivity index (χ1v) is 4.64. The van der Waals surface area contributed by atoms with Gasteiger partial charge in [-0.15, -0.1) is 0 Å². The van der Waals surface area contributed by atoms with Crippen molar-refractivity contribution in [2.75, 3.05) is 0 Å². The second-order valence-electron chi connectivity index (χ2n) is 3.48. The van der Waals surface area contributed by atoms with Gasteiger partial charge in [-0.05, 0) is 32.4 Å². The first-order valence-electron chi connectivity index (χ1n) is 4.64.